The highest BCUT2D eigenvalue weighted by Gasteiger charge is 2.35. The van der Waals surface area contributed by atoms with Crippen molar-refractivity contribution in [3.63, 3.8) is 0 Å². The van der Waals surface area contributed by atoms with Gasteiger partial charge in [-0.3, -0.25) is 9.69 Å². The van der Waals surface area contributed by atoms with E-state index < -0.39 is 15.4 Å². The van der Waals surface area contributed by atoms with E-state index in [9.17, 15) is 13.2 Å². The normalized spacial score (nSPS) is 17.8. The molecule has 1 aromatic rings. The number of hydrogen-bond donors (Lipinski definition) is 1. The highest BCUT2D eigenvalue weighted by Crippen LogP contribution is 2.21. The molecule has 188 valence electrons. The van der Waals surface area contributed by atoms with Crippen LogP contribution in [0, 0.1) is 5.92 Å². The zero-order chi connectivity index (χ0) is 24.5. The largest absolute Gasteiger partial charge is 0.464 e. The molecule has 33 heavy (non-hydrogen) atoms. The first-order chi connectivity index (χ1) is 15.5. The lowest BCUT2D eigenvalue weighted by atomic mass is 9.88. The van der Waals surface area contributed by atoms with Crippen LogP contribution in [0.15, 0.2) is 29.2 Å². The zero-order valence-electron chi connectivity index (χ0n) is 20.9. The fourth-order valence-corrected chi connectivity index (χ4v) is 4.73. The smallest absolute Gasteiger partial charge is 0.326 e. The number of nitrogens with two attached hydrogens (primary N) is 1. The Hall–Kier alpha value is -1.48. The van der Waals surface area contributed by atoms with Gasteiger partial charge >= 0.3 is 5.97 Å². The molecule has 1 aromatic carbocycles. The molecule has 1 atom stereocenters. The molecule has 2 rings (SSSR count). The van der Waals surface area contributed by atoms with Crippen LogP contribution >= 0.6 is 0 Å². The molecule has 0 aliphatic carbocycles. The summed E-state index contributed by atoms with van der Waals surface area (Å²) in [4.78, 5) is 17.8. The molecule has 0 radical (unpaired) electrons. The average molecular weight is 482 g/mol. The molecule has 1 saturated heterocycles. The summed E-state index contributed by atoms with van der Waals surface area (Å²) in [6.45, 7) is 12.2. The molecule has 2 N–H and O–H groups in total. The lowest BCUT2D eigenvalue weighted by Crippen LogP contribution is -2.50. The number of carbonyl (C=O) groups excluding carboxylic acids is 1. The summed E-state index contributed by atoms with van der Waals surface area (Å²) >= 11 is 0. The molecule has 0 bridgehead atoms. The first-order valence-electron chi connectivity index (χ1n) is 12.2. The number of esters is 1. The van der Waals surface area contributed by atoms with Gasteiger partial charge in [-0.2, -0.15) is 0 Å². The maximum atomic E-state index is 12.6. The summed E-state index contributed by atoms with van der Waals surface area (Å²) in [7, 11) is -3.16. The van der Waals surface area contributed by atoms with Gasteiger partial charge in [0.15, 0.2) is 9.84 Å². The topological polar surface area (TPSA) is 92.9 Å². The van der Waals surface area contributed by atoms with E-state index in [1.165, 1.54) is 6.26 Å². The minimum Gasteiger partial charge on any atom is -0.464 e. The second-order valence-electron chi connectivity index (χ2n) is 9.89. The first kappa shape index (κ1) is 27.8. The average Bonchev–Trinajstić information content (AvgIpc) is 2.77. The minimum atomic E-state index is -3.16. The molecule has 0 aromatic heterocycles. The van der Waals surface area contributed by atoms with Crippen LogP contribution in [0.3, 0.4) is 0 Å². The van der Waals surface area contributed by atoms with Crippen LogP contribution in [-0.2, 0) is 25.9 Å². The number of carbonyl (C=O) groups is 1. The van der Waals surface area contributed by atoms with Gasteiger partial charge in [0.25, 0.3) is 0 Å². The molecule has 1 heterocycles. The van der Waals surface area contributed by atoms with Crippen molar-refractivity contribution in [2.75, 3.05) is 45.6 Å². The van der Waals surface area contributed by atoms with E-state index >= 15 is 0 Å². The summed E-state index contributed by atoms with van der Waals surface area (Å²) < 4.78 is 28.7. The Kier molecular flexibility index (Phi) is 10.8. The molecule has 0 spiro atoms. The van der Waals surface area contributed by atoms with E-state index in [0.717, 1.165) is 64.1 Å². The maximum Gasteiger partial charge on any atom is 0.326 e. The third-order valence-electron chi connectivity index (χ3n) is 6.25. The molecule has 1 unspecified atom stereocenters. The van der Waals surface area contributed by atoms with E-state index in [0.29, 0.717) is 30.3 Å². The van der Waals surface area contributed by atoms with Gasteiger partial charge in [0.1, 0.15) is 5.54 Å². The molecule has 0 saturated carbocycles. The number of ether oxygens (including phenoxy) is 1. The fraction of sp³-hybridized carbons (Fsp3) is 0.720. The maximum absolute atomic E-state index is 12.6. The van der Waals surface area contributed by atoms with Gasteiger partial charge in [-0.15, -0.1) is 0 Å². The van der Waals surface area contributed by atoms with Crippen molar-refractivity contribution in [2.24, 2.45) is 11.7 Å². The number of piperazine rings is 1. The Morgan fingerprint density at radius 2 is 1.64 bits per heavy atom. The molecule has 0 amide bonds. The van der Waals surface area contributed by atoms with Crippen LogP contribution in [0.4, 0.5) is 0 Å². The Morgan fingerprint density at radius 1 is 1.06 bits per heavy atom. The Balaban J connectivity index is 1.77. The lowest BCUT2D eigenvalue weighted by molar-refractivity contribution is -0.152. The SMILES string of the molecule is CCCCC(N)(CCCN1CCN(Cc2ccc(S(C)(=O)=O)cc2)CC1)C(=O)OCC(C)C. The molecule has 1 aliphatic heterocycles. The number of hydrogen-bond acceptors (Lipinski definition) is 7. The van der Waals surface area contributed by atoms with Crippen molar-refractivity contribution in [1.82, 2.24) is 9.80 Å². The summed E-state index contributed by atoms with van der Waals surface area (Å²) in [5, 5.41) is 0. The highest BCUT2D eigenvalue weighted by atomic mass is 32.2. The van der Waals surface area contributed by atoms with Gasteiger partial charge < -0.3 is 15.4 Å². The minimum absolute atomic E-state index is 0.253. The van der Waals surface area contributed by atoms with E-state index in [1.54, 1.807) is 12.1 Å². The molecule has 7 nitrogen and oxygen atoms in total. The van der Waals surface area contributed by atoms with E-state index in [2.05, 4.69) is 16.7 Å². The van der Waals surface area contributed by atoms with Crippen LogP contribution < -0.4 is 5.73 Å². The number of unbranched alkanes of at least 4 members (excludes halogenated alkanes) is 1. The van der Waals surface area contributed by atoms with Crippen molar-refractivity contribution < 1.29 is 17.9 Å². The Bertz CT molecular complexity index is 834. The van der Waals surface area contributed by atoms with E-state index in [1.807, 2.05) is 26.0 Å². The number of nitrogens with zero attached hydrogens (tertiary/aromatic N) is 2. The molecular formula is C25H43N3O4S. The van der Waals surface area contributed by atoms with Gasteiger partial charge in [-0.05, 0) is 49.4 Å². The number of sulfone groups is 1. The summed E-state index contributed by atoms with van der Waals surface area (Å²) in [5.74, 6) is 0.0506. The van der Waals surface area contributed by atoms with Gasteiger partial charge in [-0.1, -0.05) is 45.7 Å². The zero-order valence-corrected chi connectivity index (χ0v) is 21.7. The standard InChI is InChI=1S/C25H43N3O4S/c1-5-6-12-25(26,24(29)32-20-21(2)3)13-7-14-27-15-17-28(18-16-27)19-22-8-10-23(11-9-22)33(4,30)31/h8-11,21H,5-7,12-20,26H2,1-4H3. The molecular weight excluding hydrogens is 438 g/mol. The van der Waals surface area contributed by atoms with E-state index in [-0.39, 0.29) is 5.97 Å². The summed E-state index contributed by atoms with van der Waals surface area (Å²) in [6.07, 6.45) is 5.37. The van der Waals surface area contributed by atoms with Crippen molar-refractivity contribution in [1.29, 1.82) is 0 Å². The first-order valence-corrected chi connectivity index (χ1v) is 14.1. The Morgan fingerprint density at radius 3 is 2.18 bits per heavy atom. The molecule has 1 aliphatic rings. The second kappa shape index (κ2) is 12.8. The quantitative estimate of drug-likeness (QED) is 0.433. The summed E-state index contributed by atoms with van der Waals surface area (Å²) in [6, 6.07) is 7.17. The van der Waals surface area contributed by atoms with Gasteiger partial charge in [-0.25, -0.2) is 8.42 Å². The van der Waals surface area contributed by atoms with E-state index in [4.69, 9.17) is 10.5 Å². The van der Waals surface area contributed by atoms with Crippen LogP contribution in [-0.4, -0.2) is 75.3 Å². The van der Waals surface area contributed by atoms with Crippen LogP contribution in [0.2, 0.25) is 0 Å². The van der Waals surface area contributed by atoms with Crippen LogP contribution in [0.25, 0.3) is 0 Å². The number of rotatable bonds is 13. The van der Waals surface area contributed by atoms with Crippen LogP contribution in [0.5, 0.6) is 0 Å². The fourth-order valence-electron chi connectivity index (χ4n) is 4.10. The molecule has 8 heteroatoms. The van der Waals surface area contributed by atoms with Gasteiger partial charge in [0.2, 0.25) is 0 Å². The lowest BCUT2D eigenvalue weighted by Gasteiger charge is -2.35. The van der Waals surface area contributed by atoms with Crippen molar-refractivity contribution in [2.45, 2.75) is 69.9 Å². The van der Waals surface area contributed by atoms with Gasteiger partial charge in [0.05, 0.1) is 11.5 Å². The van der Waals surface area contributed by atoms with Gasteiger partial charge in [0, 0.05) is 39.0 Å². The predicted molar refractivity (Wildman–Crippen MR) is 133 cm³/mol. The number of benzene rings is 1. The van der Waals surface area contributed by atoms with Crippen molar-refractivity contribution in [3.8, 4) is 0 Å². The predicted octanol–water partition coefficient (Wildman–Crippen LogP) is 3.07. The second-order valence-corrected chi connectivity index (χ2v) is 11.9. The van der Waals surface area contributed by atoms with Crippen LogP contribution in [0.1, 0.15) is 58.4 Å². The van der Waals surface area contributed by atoms with Crippen molar-refractivity contribution in [3.05, 3.63) is 29.8 Å². The monoisotopic (exact) mass is 481 g/mol. The third kappa shape index (κ3) is 9.35. The van der Waals surface area contributed by atoms with Crippen molar-refractivity contribution >= 4 is 15.8 Å². The summed E-state index contributed by atoms with van der Waals surface area (Å²) in [5.41, 5.74) is 6.78. The highest BCUT2D eigenvalue weighted by molar-refractivity contribution is 7.90. The Labute approximate surface area is 200 Å². The molecule has 1 fully saturated rings. The third-order valence-corrected chi connectivity index (χ3v) is 7.38.